The number of carbonyl (C=O) groups is 1. The molecule has 0 unspecified atom stereocenters. The van der Waals surface area contributed by atoms with E-state index in [0.717, 1.165) is 17.6 Å². The van der Waals surface area contributed by atoms with Crippen LogP contribution in [0.4, 0.5) is 0 Å². The lowest BCUT2D eigenvalue weighted by Crippen LogP contribution is -2.00. The molecule has 1 atom stereocenters. The molecule has 3 rings (SSSR count). The standard InChI is InChI=1S/C18H16O/c19-18-12-11-16(15-9-5-2-6-10-15)17(18)13-14-7-3-1-4-8-14/h1-10,13,16H,11-12H2/b17-13-/t16-/m1/s1. The highest BCUT2D eigenvalue weighted by atomic mass is 16.1. The number of benzene rings is 2. The van der Waals surface area contributed by atoms with Crippen LogP contribution in [-0.4, -0.2) is 5.78 Å². The Bertz CT molecular complexity index is 596. The first-order chi connectivity index (χ1) is 9.34. The molecule has 0 aromatic heterocycles. The van der Waals surface area contributed by atoms with E-state index in [1.165, 1.54) is 5.56 Å². The van der Waals surface area contributed by atoms with Gasteiger partial charge in [0.05, 0.1) is 0 Å². The first-order valence-corrected chi connectivity index (χ1v) is 6.69. The Balaban J connectivity index is 1.98. The minimum atomic E-state index is 0.258. The fraction of sp³-hybridized carbons (Fsp3) is 0.167. The van der Waals surface area contributed by atoms with Crippen molar-refractivity contribution in [1.82, 2.24) is 0 Å². The number of hydrogen-bond donors (Lipinski definition) is 0. The van der Waals surface area contributed by atoms with Crippen molar-refractivity contribution in [1.29, 1.82) is 0 Å². The predicted octanol–water partition coefficient (Wildman–Crippen LogP) is 4.22. The lowest BCUT2D eigenvalue weighted by atomic mass is 9.92. The number of hydrogen-bond acceptors (Lipinski definition) is 1. The van der Waals surface area contributed by atoms with E-state index in [9.17, 15) is 4.79 Å². The van der Waals surface area contributed by atoms with Gasteiger partial charge in [0.25, 0.3) is 0 Å². The van der Waals surface area contributed by atoms with Gasteiger partial charge in [-0.05, 0) is 23.6 Å². The molecule has 0 heterocycles. The molecular formula is C18H16O. The molecule has 1 nitrogen and oxygen atoms in total. The van der Waals surface area contributed by atoms with Crippen LogP contribution in [0.5, 0.6) is 0 Å². The van der Waals surface area contributed by atoms with E-state index in [1.807, 2.05) is 54.6 Å². The molecule has 94 valence electrons. The van der Waals surface area contributed by atoms with E-state index < -0.39 is 0 Å². The Labute approximate surface area is 113 Å². The molecule has 2 aromatic carbocycles. The fourth-order valence-corrected chi connectivity index (χ4v) is 2.71. The summed E-state index contributed by atoms with van der Waals surface area (Å²) in [6, 6.07) is 20.4. The van der Waals surface area contributed by atoms with Crippen molar-refractivity contribution in [3.63, 3.8) is 0 Å². The molecule has 0 saturated heterocycles. The second-order valence-corrected chi connectivity index (χ2v) is 4.94. The van der Waals surface area contributed by atoms with Gasteiger partial charge in [-0.1, -0.05) is 60.7 Å². The summed E-state index contributed by atoms with van der Waals surface area (Å²) in [5.74, 6) is 0.548. The van der Waals surface area contributed by atoms with Gasteiger partial charge >= 0.3 is 0 Å². The van der Waals surface area contributed by atoms with Crippen LogP contribution < -0.4 is 0 Å². The third-order valence-corrected chi connectivity index (χ3v) is 3.68. The van der Waals surface area contributed by atoms with E-state index in [2.05, 4.69) is 12.1 Å². The SMILES string of the molecule is O=C1CC[C@H](c2ccccc2)/C1=C/c1ccccc1. The summed E-state index contributed by atoms with van der Waals surface area (Å²) in [6.45, 7) is 0. The number of allylic oxidation sites excluding steroid dienone is 1. The minimum absolute atomic E-state index is 0.258. The Hall–Kier alpha value is -2.15. The maximum absolute atomic E-state index is 12.1. The fourth-order valence-electron chi connectivity index (χ4n) is 2.71. The average molecular weight is 248 g/mol. The lowest BCUT2D eigenvalue weighted by molar-refractivity contribution is -0.114. The van der Waals surface area contributed by atoms with Gasteiger partial charge in [0.15, 0.2) is 5.78 Å². The largest absolute Gasteiger partial charge is 0.295 e. The molecular weight excluding hydrogens is 232 g/mol. The van der Waals surface area contributed by atoms with E-state index in [-0.39, 0.29) is 11.7 Å². The molecule has 0 radical (unpaired) electrons. The topological polar surface area (TPSA) is 17.1 Å². The summed E-state index contributed by atoms with van der Waals surface area (Å²) < 4.78 is 0. The zero-order valence-electron chi connectivity index (χ0n) is 10.8. The third kappa shape index (κ3) is 2.50. The summed E-state index contributed by atoms with van der Waals surface area (Å²) in [7, 11) is 0. The Kier molecular flexibility index (Phi) is 3.28. The van der Waals surface area contributed by atoms with Gasteiger partial charge in [-0.25, -0.2) is 0 Å². The van der Waals surface area contributed by atoms with Crippen LogP contribution >= 0.6 is 0 Å². The van der Waals surface area contributed by atoms with Crippen molar-refractivity contribution in [2.75, 3.05) is 0 Å². The molecule has 1 fully saturated rings. The van der Waals surface area contributed by atoms with Crippen LogP contribution in [0, 0.1) is 0 Å². The first-order valence-electron chi connectivity index (χ1n) is 6.69. The number of carbonyl (C=O) groups excluding carboxylic acids is 1. The molecule has 1 aliphatic rings. The maximum Gasteiger partial charge on any atom is 0.159 e. The van der Waals surface area contributed by atoms with Gasteiger partial charge in [-0.3, -0.25) is 4.79 Å². The van der Waals surface area contributed by atoms with Crippen LogP contribution in [0.15, 0.2) is 66.2 Å². The van der Waals surface area contributed by atoms with Crippen molar-refractivity contribution >= 4 is 11.9 Å². The Morgan fingerprint density at radius 2 is 1.53 bits per heavy atom. The summed E-state index contributed by atoms with van der Waals surface area (Å²) in [6.07, 6.45) is 3.65. The highest BCUT2D eigenvalue weighted by molar-refractivity contribution is 6.03. The van der Waals surface area contributed by atoms with Crippen LogP contribution in [0.25, 0.3) is 6.08 Å². The van der Waals surface area contributed by atoms with Crippen molar-refractivity contribution in [3.05, 3.63) is 77.4 Å². The zero-order chi connectivity index (χ0) is 13.1. The van der Waals surface area contributed by atoms with Crippen molar-refractivity contribution < 1.29 is 4.79 Å². The molecule has 1 saturated carbocycles. The Morgan fingerprint density at radius 3 is 2.21 bits per heavy atom. The third-order valence-electron chi connectivity index (χ3n) is 3.68. The van der Waals surface area contributed by atoms with E-state index in [4.69, 9.17) is 0 Å². The van der Waals surface area contributed by atoms with Crippen LogP contribution in [-0.2, 0) is 4.79 Å². The second kappa shape index (κ2) is 5.23. The van der Waals surface area contributed by atoms with Crippen LogP contribution in [0.3, 0.4) is 0 Å². The Morgan fingerprint density at radius 1 is 0.895 bits per heavy atom. The molecule has 0 bridgehead atoms. The highest BCUT2D eigenvalue weighted by Crippen LogP contribution is 2.37. The van der Waals surface area contributed by atoms with E-state index in [1.54, 1.807) is 0 Å². The second-order valence-electron chi connectivity index (χ2n) is 4.94. The normalized spacial score (nSPS) is 20.9. The summed E-state index contributed by atoms with van der Waals surface area (Å²) in [4.78, 5) is 12.1. The van der Waals surface area contributed by atoms with E-state index in [0.29, 0.717) is 6.42 Å². The van der Waals surface area contributed by atoms with Gasteiger partial charge in [0.1, 0.15) is 0 Å². The van der Waals surface area contributed by atoms with Gasteiger partial charge < -0.3 is 0 Å². The maximum atomic E-state index is 12.1. The predicted molar refractivity (Wildman–Crippen MR) is 77.8 cm³/mol. The minimum Gasteiger partial charge on any atom is -0.295 e. The quantitative estimate of drug-likeness (QED) is 0.727. The smallest absolute Gasteiger partial charge is 0.159 e. The summed E-state index contributed by atoms with van der Waals surface area (Å²) >= 11 is 0. The molecule has 19 heavy (non-hydrogen) atoms. The van der Waals surface area contributed by atoms with Crippen LogP contribution in [0.2, 0.25) is 0 Å². The van der Waals surface area contributed by atoms with Crippen LogP contribution in [0.1, 0.15) is 29.9 Å². The van der Waals surface area contributed by atoms with Crippen molar-refractivity contribution in [3.8, 4) is 0 Å². The molecule has 0 aliphatic heterocycles. The monoisotopic (exact) mass is 248 g/mol. The molecule has 0 amide bonds. The lowest BCUT2D eigenvalue weighted by Gasteiger charge is -2.11. The van der Waals surface area contributed by atoms with Crippen molar-refractivity contribution in [2.45, 2.75) is 18.8 Å². The van der Waals surface area contributed by atoms with Gasteiger partial charge in [-0.15, -0.1) is 0 Å². The zero-order valence-corrected chi connectivity index (χ0v) is 10.8. The average Bonchev–Trinajstić information content (AvgIpc) is 2.82. The molecule has 0 N–H and O–H groups in total. The molecule has 0 spiro atoms. The van der Waals surface area contributed by atoms with Gasteiger partial charge in [0.2, 0.25) is 0 Å². The van der Waals surface area contributed by atoms with Crippen molar-refractivity contribution in [2.24, 2.45) is 0 Å². The first kappa shape index (κ1) is 11.9. The van der Waals surface area contributed by atoms with Gasteiger partial charge in [-0.2, -0.15) is 0 Å². The highest BCUT2D eigenvalue weighted by Gasteiger charge is 2.29. The summed E-state index contributed by atoms with van der Waals surface area (Å²) in [5.41, 5.74) is 3.31. The van der Waals surface area contributed by atoms with E-state index >= 15 is 0 Å². The number of Topliss-reactive ketones (excluding diaryl/α,β-unsaturated/α-hetero) is 1. The molecule has 1 heteroatoms. The number of rotatable bonds is 2. The molecule has 2 aromatic rings. The molecule has 1 aliphatic carbocycles. The summed E-state index contributed by atoms with van der Waals surface area (Å²) in [5, 5.41) is 0. The number of ketones is 1. The van der Waals surface area contributed by atoms with Gasteiger partial charge in [0, 0.05) is 17.9 Å².